The van der Waals surface area contributed by atoms with Crippen LogP contribution >= 0.6 is 0 Å². The van der Waals surface area contributed by atoms with Crippen molar-refractivity contribution in [2.45, 2.75) is 13.0 Å². The van der Waals surface area contributed by atoms with Gasteiger partial charge in [-0.3, -0.25) is 10.1 Å². The summed E-state index contributed by atoms with van der Waals surface area (Å²) >= 11 is 0. The normalized spacial score (nSPS) is 12.4. The number of hydrogen-bond acceptors (Lipinski definition) is 9. The van der Waals surface area contributed by atoms with Gasteiger partial charge in [0.2, 0.25) is 11.6 Å². The summed E-state index contributed by atoms with van der Waals surface area (Å²) in [5, 5.41) is 17.7. The summed E-state index contributed by atoms with van der Waals surface area (Å²) in [6, 6.07) is 5.22. The van der Waals surface area contributed by atoms with Crippen LogP contribution in [0.4, 0.5) is 23.0 Å². The van der Waals surface area contributed by atoms with Gasteiger partial charge in [-0.2, -0.15) is 0 Å². The number of nitrogens with one attached hydrogen (secondary N) is 2. The van der Waals surface area contributed by atoms with Gasteiger partial charge in [-0.1, -0.05) is 0 Å². The average molecular weight is 397 g/mol. The van der Waals surface area contributed by atoms with Crippen molar-refractivity contribution >= 4 is 23.0 Å². The molecule has 0 spiro atoms. The first-order valence-electron chi connectivity index (χ1n) is 9.06. The van der Waals surface area contributed by atoms with Crippen molar-refractivity contribution in [2.24, 2.45) is 0 Å². The van der Waals surface area contributed by atoms with Crippen LogP contribution in [0.3, 0.4) is 0 Å². The number of nitrogens with zero attached hydrogens (tertiary/aromatic N) is 5. The maximum Gasteiger partial charge on any atom is 0.353 e. The summed E-state index contributed by atoms with van der Waals surface area (Å²) < 4.78 is 13.0. The summed E-state index contributed by atoms with van der Waals surface area (Å²) in [6.45, 7) is 2.21. The van der Waals surface area contributed by atoms with Crippen LogP contribution in [0.15, 0.2) is 43.2 Å². The predicted molar refractivity (Wildman–Crippen MR) is 105 cm³/mol. The van der Waals surface area contributed by atoms with E-state index in [0.717, 1.165) is 13.0 Å². The number of aryl methyl sites for hydroxylation is 1. The zero-order chi connectivity index (χ0) is 20.1. The van der Waals surface area contributed by atoms with Crippen LogP contribution in [-0.2, 0) is 6.54 Å². The van der Waals surface area contributed by atoms with Crippen molar-refractivity contribution in [3.05, 3.63) is 53.4 Å². The van der Waals surface area contributed by atoms with Crippen LogP contribution in [0.1, 0.15) is 6.42 Å². The van der Waals surface area contributed by atoms with Crippen molar-refractivity contribution < 1.29 is 14.4 Å². The second-order valence-corrected chi connectivity index (χ2v) is 6.24. The van der Waals surface area contributed by atoms with Crippen LogP contribution in [0.5, 0.6) is 11.5 Å². The SMILES string of the molecule is O=[N+]([O-])c1c(NCCCn2ccnc2)ncnc1Nc1ccc2c(c1)OCCO2. The molecule has 0 amide bonds. The molecule has 0 saturated carbocycles. The van der Waals surface area contributed by atoms with Crippen LogP contribution in [0.2, 0.25) is 0 Å². The first kappa shape index (κ1) is 18.5. The van der Waals surface area contributed by atoms with Gasteiger partial charge in [-0.05, 0) is 18.6 Å². The summed E-state index contributed by atoms with van der Waals surface area (Å²) in [4.78, 5) is 23.2. The molecule has 0 atom stereocenters. The van der Waals surface area contributed by atoms with Gasteiger partial charge in [0.05, 0.1) is 11.3 Å². The Morgan fingerprint density at radius 2 is 2.00 bits per heavy atom. The Kier molecular flexibility index (Phi) is 5.36. The predicted octanol–water partition coefficient (Wildman–Crippen LogP) is 2.60. The molecule has 0 fully saturated rings. The molecule has 0 saturated heterocycles. The molecule has 0 aliphatic carbocycles. The Balaban J connectivity index is 1.48. The monoisotopic (exact) mass is 397 g/mol. The second-order valence-electron chi connectivity index (χ2n) is 6.24. The minimum absolute atomic E-state index is 0.0961. The molecule has 150 valence electrons. The van der Waals surface area contributed by atoms with E-state index in [1.54, 1.807) is 30.7 Å². The Morgan fingerprint density at radius 1 is 1.17 bits per heavy atom. The Hall–Kier alpha value is -3.89. The molecule has 1 aliphatic heterocycles. The van der Waals surface area contributed by atoms with Gasteiger partial charge < -0.3 is 24.7 Å². The highest BCUT2D eigenvalue weighted by Crippen LogP contribution is 2.36. The van der Waals surface area contributed by atoms with Crippen LogP contribution in [0.25, 0.3) is 0 Å². The lowest BCUT2D eigenvalue weighted by atomic mass is 10.2. The average Bonchev–Trinajstić information content (AvgIpc) is 3.24. The van der Waals surface area contributed by atoms with E-state index < -0.39 is 4.92 Å². The third kappa shape index (κ3) is 4.34. The highest BCUT2D eigenvalue weighted by atomic mass is 16.6. The van der Waals surface area contributed by atoms with Crippen LogP contribution < -0.4 is 20.1 Å². The molecule has 11 heteroatoms. The number of imidazole rings is 1. The summed E-state index contributed by atoms with van der Waals surface area (Å²) in [6.07, 6.45) is 7.33. The Bertz CT molecular complexity index is 994. The largest absolute Gasteiger partial charge is 0.486 e. The number of fused-ring (bicyclic) bond motifs is 1. The molecular formula is C18H19N7O4. The van der Waals surface area contributed by atoms with E-state index in [-0.39, 0.29) is 17.3 Å². The molecule has 2 aromatic heterocycles. The quantitative estimate of drug-likeness (QED) is 0.335. The van der Waals surface area contributed by atoms with Crippen molar-refractivity contribution in [1.29, 1.82) is 0 Å². The van der Waals surface area contributed by atoms with Gasteiger partial charge in [0, 0.05) is 37.2 Å². The van der Waals surface area contributed by atoms with E-state index in [2.05, 4.69) is 25.6 Å². The highest BCUT2D eigenvalue weighted by Gasteiger charge is 2.23. The molecule has 1 aromatic carbocycles. The molecule has 11 nitrogen and oxygen atoms in total. The molecular weight excluding hydrogens is 378 g/mol. The topological polar surface area (TPSA) is 129 Å². The lowest BCUT2D eigenvalue weighted by molar-refractivity contribution is -0.383. The number of anilines is 3. The van der Waals surface area contributed by atoms with E-state index in [1.165, 1.54) is 6.33 Å². The number of rotatable bonds is 8. The number of hydrogen-bond donors (Lipinski definition) is 2. The van der Waals surface area contributed by atoms with Crippen molar-refractivity contribution in [1.82, 2.24) is 19.5 Å². The first-order chi connectivity index (χ1) is 14.2. The highest BCUT2D eigenvalue weighted by molar-refractivity contribution is 5.74. The van der Waals surface area contributed by atoms with E-state index in [0.29, 0.717) is 36.9 Å². The van der Waals surface area contributed by atoms with Gasteiger partial charge >= 0.3 is 5.69 Å². The maximum atomic E-state index is 11.7. The zero-order valence-electron chi connectivity index (χ0n) is 15.4. The molecule has 4 rings (SSSR count). The van der Waals surface area contributed by atoms with Gasteiger partial charge in [0.15, 0.2) is 11.5 Å². The van der Waals surface area contributed by atoms with Gasteiger partial charge in [0.25, 0.3) is 0 Å². The molecule has 3 aromatic rings. The van der Waals surface area contributed by atoms with Gasteiger partial charge in [-0.25, -0.2) is 15.0 Å². The molecule has 2 N–H and O–H groups in total. The molecule has 0 radical (unpaired) electrons. The lowest BCUT2D eigenvalue weighted by Crippen LogP contribution is -2.15. The third-order valence-electron chi connectivity index (χ3n) is 4.25. The molecule has 29 heavy (non-hydrogen) atoms. The molecule has 1 aliphatic rings. The van der Waals surface area contributed by atoms with Crippen LogP contribution in [-0.4, -0.2) is 44.2 Å². The van der Waals surface area contributed by atoms with E-state index in [4.69, 9.17) is 9.47 Å². The second kappa shape index (κ2) is 8.42. The van der Waals surface area contributed by atoms with Gasteiger partial charge in [-0.15, -0.1) is 0 Å². The fourth-order valence-electron chi connectivity index (χ4n) is 2.92. The molecule has 3 heterocycles. The lowest BCUT2D eigenvalue weighted by Gasteiger charge is -2.19. The van der Waals surface area contributed by atoms with Gasteiger partial charge in [0.1, 0.15) is 19.5 Å². The van der Waals surface area contributed by atoms with E-state index in [9.17, 15) is 10.1 Å². The summed E-state index contributed by atoms with van der Waals surface area (Å²) in [5.74, 6) is 1.48. The number of nitro groups is 1. The third-order valence-corrected chi connectivity index (χ3v) is 4.25. The fraction of sp³-hybridized carbons (Fsp3) is 0.278. The summed E-state index contributed by atoms with van der Waals surface area (Å²) in [5.41, 5.74) is 0.382. The number of aromatic nitrogens is 4. The fourth-order valence-corrected chi connectivity index (χ4v) is 2.92. The van der Waals surface area contributed by atoms with Crippen molar-refractivity contribution in [3.63, 3.8) is 0 Å². The standard InChI is InChI=1S/C18H19N7O4/c26-25(27)16-17(20-4-1-6-24-7-5-19-12-24)21-11-22-18(16)23-13-2-3-14-15(10-13)29-9-8-28-14/h2-3,5,7,10-12H,1,4,6,8-9H2,(H2,20,21,22,23). The van der Waals surface area contributed by atoms with Crippen LogP contribution in [0, 0.1) is 10.1 Å². The Labute approximate surface area is 165 Å². The number of ether oxygens (including phenoxy) is 2. The van der Waals surface area contributed by atoms with E-state index in [1.807, 2.05) is 10.8 Å². The maximum absolute atomic E-state index is 11.7. The molecule has 0 unspecified atom stereocenters. The molecule has 0 bridgehead atoms. The minimum Gasteiger partial charge on any atom is -0.486 e. The Morgan fingerprint density at radius 3 is 2.79 bits per heavy atom. The van der Waals surface area contributed by atoms with Crippen molar-refractivity contribution in [3.8, 4) is 11.5 Å². The minimum atomic E-state index is -0.501. The zero-order valence-corrected chi connectivity index (χ0v) is 15.4. The first-order valence-corrected chi connectivity index (χ1v) is 9.06. The summed E-state index contributed by atoms with van der Waals surface area (Å²) in [7, 11) is 0. The number of benzene rings is 1. The smallest absolute Gasteiger partial charge is 0.353 e. The van der Waals surface area contributed by atoms with Crippen molar-refractivity contribution in [2.75, 3.05) is 30.4 Å². The van der Waals surface area contributed by atoms with E-state index >= 15 is 0 Å².